The average molecular weight is 269 g/mol. The molecule has 100 valence electrons. The molecule has 0 aromatic rings. The van der Waals surface area contributed by atoms with Gasteiger partial charge in [-0.25, -0.2) is 4.79 Å². The number of carboxylic acid groups (broad SMARTS) is 1. The van der Waals surface area contributed by atoms with Crippen molar-refractivity contribution in [3.8, 4) is 0 Å². The van der Waals surface area contributed by atoms with Gasteiger partial charge in [0.25, 0.3) is 0 Å². The minimum absolute atomic E-state index is 0.00630. The zero-order valence-electron chi connectivity index (χ0n) is 10.5. The second-order valence-corrected chi connectivity index (χ2v) is 6.94. The zero-order valence-corrected chi connectivity index (χ0v) is 11.4. The summed E-state index contributed by atoms with van der Waals surface area (Å²) in [5.41, 5.74) is 0. The van der Waals surface area contributed by atoms with Gasteiger partial charge in [-0.05, 0) is 37.5 Å². The molecule has 0 spiro atoms. The van der Waals surface area contributed by atoms with E-state index in [4.69, 9.17) is 0 Å². The standard InChI is InChI=1S/C13H19NO3S/c1-7(8-2-3-8)11(15)14-10(13(16)17)6-18-12(14)9-4-5-9/h7-10,12H,2-6H2,1H3,(H,16,17). The summed E-state index contributed by atoms with van der Waals surface area (Å²) in [6.45, 7) is 1.96. The zero-order chi connectivity index (χ0) is 12.9. The van der Waals surface area contributed by atoms with Crippen molar-refractivity contribution in [2.75, 3.05) is 5.75 Å². The third-order valence-corrected chi connectivity index (χ3v) is 5.78. The van der Waals surface area contributed by atoms with Gasteiger partial charge in [-0.15, -0.1) is 11.8 Å². The fourth-order valence-corrected chi connectivity index (χ4v) is 4.41. The first-order valence-electron chi connectivity index (χ1n) is 6.76. The van der Waals surface area contributed by atoms with Crippen molar-refractivity contribution in [2.24, 2.45) is 17.8 Å². The van der Waals surface area contributed by atoms with Gasteiger partial charge in [-0.1, -0.05) is 6.92 Å². The lowest BCUT2D eigenvalue weighted by molar-refractivity contribution is -0.151. The summed E-state index contributed by atoms with van der Waals surface area (Å²) in [5.74, 6) is 0.826. The van der Waals surface area contributed by atoms with E-state index >= 15 is 0 Å². The Balaban J connectivity index is 1.78. The first-order valence-corrected chi connectivity index (χ1v) is 7.81. The summed E-state index contributed by atoms with van der Waals surface area (Å²) in [6, 6.07) is -0.602. The van der Waals surface area contributed by atoms with Crippen LogP contribution in [0.3, 0.4) is 0 Å². The second-order valence-electron chi connectivity index (χ2n) is 5.79. The van der Waals surface area contributed by atoms with Gasteiger partial charge in [-0.2, -0.15) is 0 Å². The van der Waals surface area contributed by atoms with Crippen molar-refractivity contribution in [3.05, 3.63) is 0 Å². The van der Waals surface area contributed by atoms with Gasteiger partial charge in [0.2, 0.25) is 5.91 Å². The van der Waals surface area contributed by atoms with Crippen LogP contribution in [0, 0.1) is 17.8 Å². The summed E-state index contributed by atoms with van der Waals surface area (Å²) >= 11 is 1.66. The fraction of sp³-hybridized carbons (Fsp3) is 0.846. The Morgan fingerprint density at radius 2 is 1.94 bits per heavy atom. The largest absolute Gasteiger partial charge is 0.480 e. The van der Waals surface area contributed by atoms with Crippen molar-refractivity contribution in [2.45, 2.75) is 44.0 Å². The van der Waals surface area contributed by atoms with Crippen molar-refractivity contribution < 1.29 is 14.7 Å². The van der Waals surface area contributed by atoms with Crippen molar-refractivity contribution in [1.29, 1.82) is 0 Å². The number of hydrogen-bond acceptors (Lipinski definition) is 3. The highest BCUT2D eigenvalue weighted by molar-refractivity contribution is 8.00. The quantitative estimate of drug-likeness (QED) is 0.845. The van der Waals surface area contributed by atoms with E-state index < -0.39 is 12.0 Å². The molecular weight excluding hydrogens is 250 g/mol. The second kappa shape index (κ2) is 4.44. The van der Waals surface area contributed by atoms with E-state index in [2.05, 4.69) is 0 Å². The van der Waals surface area contributed by atoms with E-state index in [1.165, 1.54) is 0 Å². The van der Waals surface area contributed by atoms with Crippen LogP contribution in [0.15, 0.2) is 0 Å². The Morgan fingerprint density at radius 3 is 2.44 bits per heavy atom. The van der Waals surface area contributed by atoms with Gasteiger partial charge in [0.05, 0.1) is 5.37 Å². The molecule has 5 heteroatoms. The number of amides is 1. The van der Waals surface area contributed by atoms with Gasteiger partial charge in [0.15, 0.2) is 0 Å². The van der Waals surface area contributed by atoms with Gasteiger partial charge < -0.3 is 10.0 Å². The molecule has 3 aliphatic rings. The van der Waals surface area contributed by atoms with Crippen LogP contribution < -0.4 is 0 Å². The van der Waals surface area contributed by atoms with Gasteiger partial charge in [-0.3, -0.25) is 4.79 Å². The predicted octanol–water partition coefficient (Wildman–Crippen LogP) is 1.80. The van der Waals surface area contributed by atoms with E-state index in [-0.39, 0.29) is 17.2 Å². The van der Waals surface area contributed by atoms with Crippen LogP contribution in [0.2, 0.25) is 0 Å². The molecule has 0 aromatic heterocycles. The lowest BCUT2D eigenvalue weighted by Gasteiger charge is -2.30. The molecule has 3 atom stereocenters. The number of nitrogens with zero attached hydrogens (tertiary/aromatic N) is 1. The number of hydrogen-bond donors (Lipinski definition) is 1. The van der Waals surface area contributed by atoms with Crippen LogP contribution in [-0.4, -0.2) is 39.1 Å². The van der Waals surface area contributed by atoms with Gasteiger partial charge in [0.1, 0.15) is 6.04 Å². The van der Waals surface area contributed by atoms with E-state index in [0.717, 1.165) is 25.7 Å². The molecule has 3 fully saturated rings. The minimum Gasteiger partial charge on any atom is -0.480 e. The van der Waals surface area contributed by atoms with Crippen molar-refractivity contribution in [1.82, 2.24) is 4.90 Å². The van der Waals surface area contributed by atoms with Gasteiger partial charge in [0, 0.05) is 11.7 Å². The molecule has 2 saturated carbocycles. The third-order valence-electron chi connectivity index (χ3n) is 4.32. The molecule has 18 heavy (non-hydrogen) atoms. The molecule has 3 rings (SSSR count). The molecule has 4 nitrogen and oxygen atoms in total. The van der Waals surface area contributed by atoms with Crippen LogP contribution in [-0.2, 0) is 9.59 Å². The maximum atomic E-state index is 12.5. The van der Waals surface area contributed by atoms with Crippen LogP contribution in [0.4, 0.5) is 0 Å². The SMILES string of the molecule is CC(C(=O)N1C(C(=O)O)CSC1C1CC1)C1CC1. The molecule has 1 heterocycles. The highest BCUT2D eigenvalue weighted by Crippen LogP contribution is 2.47. The predicted molar refractivity (Wildman–Crippen MR) is 69.1 cm³/mol. The molecule has 0 bridgehead atoms. The molecule has 2 aliphatic carbocycles. The molecule has 1 amide bonds. The Bertz CT molecular complexity index is 378. The molecule has 1 N–H and O–H groups in total. The van der Waals surface area contributed by atoms with Crippen LogP contribution in [0.1, 0.15) is 32.6 Å². The lowest BCUT2D eigenvalue weighted by Crippen LogP contribution is -2.48. The van der Waals surface area contributed by atoms with Crippen molar-refractivity contribution >= 4 is 23.6 Å². The number of rotatable bonds is 4. The van der Waals surface area contributed by atoms with E-state index in [1.54, 1.807) is 16.7 Å². The van der Waals surface area contributed by atoms with E-state index in [9.17, 15) is 14.7 Å². The summed E-state index contributed by atoms with van der Waals surface area (Å²) in [7, 11) is 0. The number of carboxylic acids is 1. The minimum atomic E-state index is -0.845. The Labute approximate surface area is 111 Å². The summed E-state index contributed by atoms with van der Waals surface area (Å²) in [4.78, 5) is 25.5. The number of thioether (sulfide) groups is 1. The average Bonchev–Trinajstić information content (AvgIpc) is 3.23. The first kappa shape index (κ1) is 12.3. The Hall–Kier alpha value is -0.710. The molecule has 3 unspecified atom stereocenters. The van der Waals surface area contributed by atoms with Crippen LogP contribution in [0.5, 0.6) is 0 Å². The highest BCUT2D eigenvalue weighted by atomic mass is 32.2. The maximum Gasteiger partial charge on any atom is 0.327 e. The summed E-state index contributed by atoms with van der Waals surface area (Å²) < 4.78 is 0. The van der Waals surface area contributed by atoms with Crippen molar-refractivity contribution in [3.63, 3.8) is 0 Å². The first-order chi connectivity index (χ1) is 8.59. The molecule has 1 aliphatic heterocycles. The number of carbonyl (C=O) groups excluding carboxylic acids is 1. The number of aliphatic carboxylic acids is 1. The topological polar surface area (TPSA) is 57.6 Å². The summed E-state index contributed by atoms with van der Waals surface area (Å²) in [6.07, 6.45) is 4.54. The smallest absolute Gasteiger partial charge is 0.327 e. The normalized spacial score (nSPS) is 33.5. The Kier molecular flexibility index (Phi) is 3.04. The van der Waals surface area contributed by atoms with Crippen LogP contribution >= 0.6 is 11.8 Å². The van der Waals surface area contributed by atoms with Crippen LogP contribution in [0.25, 0.3) is 0 Å². The molecule has 0 aromatic carbocycles. The lowest BCUT2D eigenvalue weighted by atomic mass is 10.0. The molecule has 1 saturated heterocycles. The third kappa shape index (κ3) is 2.13. The fourth-order valence-electron chi connectivity index (χ4n) is 2.77. The van der Waals surface area contributed by atoms with E-state index in [1.807, 2.05) is 6.92 Å². The van der Waals surface area contributed by atoms with Gasteiger partial charge >= 0.3 is 5.97 Å². The molecular formula is C13H19NO3S. The number of carbonyl (C=O) groups is 2. The highest BCUT2D eigenvalue weighted by Gasteiger charge is 2.50. The monoisotopic (exact) mass is 269 g/mol. The maximum absolute atomic E-state index is 12.5. The van der Waals surface area contributed by atoms with E-state index in [0.29, 0.717) is 17.6 Å². The summed E-state index contributed by atoms with van der Waals surface area (Å²) in [5, 5.41) is 9.41. The Morgan fingerprint density at radius 1 is 1.28 bits per heavy atom. The molecule has 0 radical (unpaired) electrons.